The van der Waals surface area contributed by atoms with E-state index in [1.807, 2.05) is 5.38 Å². The fourth-order valence-corrected chi connectivity index (χ4v) is 3.03. The lowest BCUT2D eigenvalue weighted by Crippen LogP contribution is -1.95. The molecule has 4 heteroatoms. The highest BCUT2D eigenvalue weighted by atomic mass is 32.1. The molecule has 0 aromatic carbocycles. The van der Waals surface area contributed by atoms with Gasteiger partial charge in [0.1, 0.15) is 5.01 Å². The molecule has 0 atom stereocenters. The number of aryl methyl sites for hydroxylation is 1. The van der Waals surface area contributed by atoms with Crippen LogP contribution in [0.3, 0.4) is 0 Å². The maximum Gasteiger partial charge on any atom is 0.133 e. The molecule has 68 valence electrons. The van der Waals surface area contributed by atoms with E-state index < -0.39 is 0 Å². The van der Waals surface area contributed by atoms with Crippen molar-refractivity contribution in [2.24, 2.45) is 5.73 Å². The smallest absolute Gasteiger partial charge is 0.133 e. The van der Waals surface area contributed by atoms with Crippen LogP contribution in [0.4, 0.5) is 0 Å². The molecule has 2 N–H and O–H groups in total. The van der Waals surface area contributed by atoms with Crippen molar-refractivity contribution in [3.05, 3.63) is 28.1 Å². The second-order valence-corrected chi connectivity index (χ2v) is 4.56. The number of thiophene rings is 1. The third kappa shape index (κ3) is 1.65. The van der Waals surface area contributed by atoms with Gasteiger partial charge in [0.15, 0.2) is 0 Å². The first-order chi connectivity index (χ1) is 6.31. The Labute approximate surface area is 85.1 Å². The Morgan fingerprint density at radius 3 is 2.85 bits per heavy atom. The normalized spacial score (nSPS) is 10.6. The first kappa shape index (κ1) is 8.87. The second-order valence-electron chi connectivity index (χ2n) is 2.78. The highest BCUT2D eigenvalue weighted by molar-refractivity contribution is 7.20. The van der Waals surface area contributed by atoms with Gasteiger partial charge in [0.05, 0.1) is 10.6 Å². The highest BCUT2D eigenvalue weighted by Gasteiger charge is 2.07. The van der Waals surface area contributed by atoms with E-state index >= 15 is 0 Å². The number of rotatable bonds is 2. The Balaban J connectivity index is 2.41. The number of hydrogen-bond acceptors (Lipinski definition) is 4. The summed E-state index contributed by atoms with van der Waals surface area (Å²) in [6.07, 6.45) is 0. The van der Waals surface area contributed by atoms with Crippen LogP contribution in [0.1, 0.15) is 11.3 Å². The predicted octanol–water partition coefficient (Wildman–Crippen LogP) is 2.64. The number of thiazole rings is 1. The zero-order valence-corrected chi connectivity index (χ0v) is 8.91. The van der Waals surface area contributed by atoms with E-state index in [2.05, 4.69) is 23.4 Å². The topological polar surface area (TPSA) is 38.9 Å². The maximum absolute atomic E-state index is 5.50. The summed E-state index contributed by atoms with van der Waals surface area (Å²) in [5.41, 5.74) is 7.78. The number of hydrogen-bond donors (Lipinski definition) is 1. The highest BCUT2D eigenvalue weighted by Crippen LogP contribution is 2.31. The Hall–Kier alpha value is -0.710. The lowest BCUT2D eigenvalue weighted by molar-refractivity contribution is 1.01. The van der Waals surface area contributed by atoms with Crippen molar-refractivity contribution in [2.45, 2.75) is 13.5 Å². The van der Waals surface area contributed by atoms with Gasteiger partial charge in [-0.15, -0.1) is 22.7 Å². The van der Waals surface area contributed by atoms with Gasteiger partial charge in [0.25, 0.3) is 0 Å². The van der Waals surface area contributed by atoms with Gasteiger partial charge in [-0.1, -0.05) is 0 Å². The van der Waals surface area contributed by atoms with Gasteiger partial charge >= 0.3 is 0 Å². The molecule has 2 aromatic heterocycles. The molecule has 0 radical (unpaired) electrons. The average molecular weight is 210 g/mol. The molecule has 0 aliphatic rings. The minimum atomic E-state index is 0.529. The van der Waals surface area contributed by atoms with Gasteiger partial charge in [0.2, 0.25) is 0 Å². The molecule has 0 saturated carbocycles. The van der Waals surface area contributed by atoms with Crippen molar-refractivity contribution in [2.75, 3.05) is 0 Å². The van der Waals surface area contributed by atoms with Gasteiger partial charge in [-0.05, 0) is 23.9 Å². The molecule has 2 aromatic rings. The minimum Gasteiger partial charge on any atom is -0.325 e. The zero-order chi connectivity index (χ0) is 9.26. The lowest BCUT2D eigenvalue weighted by Gasteiger charge is -1.91. The van der Waals surface area contributed by atoms with E-state index in [9.17, 15) is 0 Å². The molecule has 0 bridgehead atoms. The fraction of sp³-hybridized carbons (Fsp3) is 0.222. The number of aromatic nitrogens is 1. The Morgan fingerprint density at radius 2 is 2.31 bits per heavy atom. The summed E-state index contributed by atoms with van der Waals surface area (Å²) in [5, 5.41) is 5.20. The van der Waals surface area contributed by atoms with Crippen molar-refractivity contribution in [3.63, 3.8) is 0 Å². The van der Waals surface area contributed by atoms with Crippen molar-refractivity contribution in [3.8, 4) is 9.88 Å². The van der Waals surface area contributed by atoms with Gasteiger partial charge in [-0.3, -0.25) is 0 Å². The average Bonchev–Trinajstić information content (AvgIpc) is 2.71. The summed E-state index contributed by atoms with van der Waals surface area (Å²) in [6.45, 7) is 2.64. The Bertz CT molecular complexity index is 403. The standard InChI is InChI=1S/C9H10N2S2/c1-6-2-3-12-8(6)9-11-7(4-10)5-13-9/h2-3,5H,4,10H2,1H3. The molecule has 2 nitrogen and oxygen atoms in total. The summed E-state index contributed by atoms with van der Waals surface area (Å²) < 4.78 is 0. The SMILES string of the molecule is Cc1ccsc1-c1nc(CN)cs1. The molecule has 0 unspecified atom stereocenters. The molecule has 0 aliphatic heterocycles. The molecule has 2 heterocycles. The summed E-state index contributed by atoms with van der Waals surface area (Å²) in [5.74, 6) is 0. The molecule has 0 aliphatic carbocycles. The molecule has 0 spiro atoms. The van der Waals surface area contributed by atoms with E-state index in [0.29, 0.717) is 6.54 Å². The van der Waals surface area contributed by atoms with E-state index in [-0.39, 0.29) is 0 Å². The molecule has 13 heavy (non-hydrogen) atoms. The number of nitrogens with zero attached hydrogens (tertiary/aromatic N) is 1. The van der Waals surface area contributed by atoms with Crippen LogP contribution in [0.2, 0.25) is 0 Å². The van der Waals surface area contributed by atoms with Crippen LogP contribution >= 0.6 is 22.7 Å². The van der Waals surface area contributed by atoms with E-state index in [0.717, 1.165) is 10.7 Å². The monoisotopic (exact) mass is 210 g/mol. The lowest BCUT2D eigenvalue weighted by atomic mass is 10.3. The maximum atomic E-state index is 5.50. The molecule has 0 saturated heterocycles. The van der Waals surface area contributed by atoms with E-state index in [4.69, 9.17) is 5.73 Å². The molecular weight excluding hydrogens is 200 g/mol. The van der Waals surface area contributed by atoms with Crippen LogP contribution in [0.15, 0.2) is 16.8 Å². The van der Waals surface area contributed by atoms with E-state index in [1.165, 1.54) is 10.4 Å². The van der Waals surface area contributed by atoms with Crippen molar-refractivity contribution in [1.82, 2.24) is 4.98 Å². The fourth-order valence-electron chi connectivity index (χ4n) is 1.10. The Kier molecular flexibility index (Phi) is 2.44. The second kappa shape index (κ2) is 3.57. The van der Waals surface area contributed by atoms with Crippen molar-refractivity contribution in [1.29, 1.82) is 0 Å². The largest absolute Gasteiger partial charge is 0.325 e. The van der Waals surface area contributed by atoms with Gasteiger partial charge in [-0.2, -0.15) is 0 Å². The van der Waals surface area contributed by atoms with Gasteiger partial charge in [-0.25, -0.2) is 4.98 Å². The summed E-state index contributed by atoms with van der Waals surface area (Å²) in [4.78, 5) is 5.70. The van der Waals surface area contributed by atoms with Crippen molar-refractivity contribution < 1.29 is 0 Å². The molecular formula is C9H10N2S2. The summed E-state index contributed by atoms with van der Waals surface area (Å²) in [6, 6.07) is 2.11. The van der Waals surface area contributed by atoms with Crippen LogP contribution < -0.4 is 5.73 Å². The van der Waals surface area contributed by atoms with Crippen LogP contribution in [0, 0.1) is 6.92 Å². The molecule has 0 fully saturated rings. The van der Waals surface area contributed by atoms with Crippen molar-refractivity contribution >= 4 is 22.7 Å². The first-order valence-electron chi connectivity index (χ1n) is 4.00. The zero-order valence-electron chi connectivity index (χ0n) is 7.28. The van der Waals surface area contributed by atoms with E-state index in [1.54, 1.807) is 22.7 Å². The molecule has 0 amide bonds. The minimum absolute atomic E-state index is 0.529. The first-order valence-corrected chi connectivity index (χ1v) is 5.76. The van der Waals surface area contributed by atoms with Crippen LogP contribution in [0.5, 0.6) is 0 Å². The summed E-state index contributed by atoms with van der Waals surface area (Å²) >= 11 is 3.40. The quantitative estimate of drug-likeness (QED) is 0.827. The van der Waals surface area contributed by atoms with Crippen LogP contribution in [-0.2, 0) is 6.54 Å². The summed E-state index contributed by atoms with van der Waals surface area (Å²) in [7, 11) is 0. The Morgan fingerprint density at radius 1 is 1.46 bits per heavy atom. The third-order valence-corrected chi connectivity index (χ3v) is 3.88. The third-order valence-electron chi connectivity index (χ3n) is 1.82. The predicted molar refractivity (Wildman–Crippen MR) is 58.1 cm³/mol. The molecule has 2 rings (SSSR count). The van der Waals surface area contributed by atoms with Crippen LogP contribution in [-0.4, -0.2) is 4.98 Å². The van der Waals surface area contributed by atoms with Gasteiger partial charge in [0, 0.05) is 11.9 Å². The number of nitrogens with two attached hydrogens (primary N) is 1. The van der Waals surface area contributed by atoms with Crippen LogP contribution in [0.25, 0.3) is 9.88 Å². The van der Waals surface area contributed by atoms with Gasteiger partial charge < -0.3 is 5.73 Å².